The van der Waals surface area contributed by atoms with Gasteiger partial charge in [-0.2, -0.15) is 0 Å². The number of furan rings is 2. The second kappa shape index (κ2) is 34.2. The number of benzene rings is 20. The predicted octanol–water partition coefficient (Wildman–Crippen LogP) is 33.1. The predicted molar refractivity (Wildman–Crippen MR) is 559 cm³/mol. The lowest BCUT2D eigenvalue weighted by atomic mass is 9.88. The molecule has 0 bridgehead atoms. The van der Waals surface area contributed by atoms with Gasteiger partial charge in [-0.3, -0.25) is 0 Å². The minimum atomic E-state index is 0.565. The van der Waals surface area contributed by atoms with Crippen LogP contribution in [0, 0.1) is 0 Å². The standard InChI is InChI=1S/2C63H40N4O/c1-6-19-41(20-7-1)45-33-35-48(42-21-8-2-9-22-42)55(39-45)46-34-36-49(56(40-46)63-65-61(43-23-10-3-11-24-43)64-62(66-63)44-25-12-4-13-26-44)52-30-18-31-53-54-38-37-51-50-29-16-17-32-57(50)67(47-27-14-5-15-28-47)58(51)60(54)68-59(52)53;1-6-19-41(20-7-1)45-33-35-48(42-21-8-2-9-22-42)53(39-45)46-34-36-49(54(40-46)63-65-61(43-23-10-3-11-24-43)64-62(66-63)44-25-12-4-13-26-44)51-30-18-32-56-58(51)59-57(68-56)38-37-52-50-29-16-17-31-55(50)67(60(52)59)47-27-14-5-15-28-47/h2*1-40H. The van der Waals surface area contributed by atoms with Crippen molar-refractivity contribution in [3.8, 4) is 169 Å². The molecule has 0 aliphatic rings. The van der Waals surface area contributed by atoms with Gasteiger partial charge in [0.15, 0.2) is 40.5 Å². The van der Waals surface area contributed by atoms with Crippen LogP contribution in [0.15, 0.2) is 494 Å². The summed E-state index contributed by atoms with van der Waals surface area (Å²) >= 11 is 0. The maximum atomic E-state index is 7.30. The Kier molecular flexibility index (Phi) is 20.0. The molecule has 0 unspecified atom stereocenters. The van der Waals surface area contributed by atoms with E-state index >= 15 is 0 Å². The first-order valence-corrected chi connectivity index (χ1v) is 45.9. The Bertz CT molecular complexity index is 8930. The molecular formula is C126H80N8O2. The zero-order valence-corrected chi connectivity index (χ0v) is 73.6. The molecule has 0 aliphatic heterocycles. The topological polar surface area (TPSA) is 113 Å². The van der Waals surface area contributed by atoms with Gasteiger partial charge in [-0.05, 0) is 168 Å². The second-order valence-corrected chi connectivity index (χ2v) is 34.2. The first kappa shape index (κ1) is 79.8. The SMILES string of the molecule is c1ccc(-c2ccc(-c3ccccc3)c(-c3ccc(-c4cccc5c4oc4c5ccc5c6ccccc6n(-c6ccccc6)c54)c(-c4nc(-c5ccccc5)nc(-c5ccccc5)n4)c3)c2)cc1.c1ccc(-c2ccc(-c3ccccc3)c(-c3ccc(-c4cccc5oc6ccc7c8ccccc8n(-c8ccccc8)c7c6c45)c(-c4nc(-c5ccccc5)nc(-c5ccccc5)n4)c3)c2)cc1. The maximum absolute atomic E-state index is 7.30. The van der Waals surface area contributed by atoms with Crippen LogP contribution < -0.4 is 0 Å². The van der Waals surface area contributed by atoms with Gasteiger partial charge in [0.25, 0.3) is 0 Å². The van der Waals surface area contributed by atoms with E-state index in [1.807, 2.05) is 72.8 Å². The van der Waals surface area contributed by atoms with Gasteiger partial charge in [0.05, 0.1) is 27.5 Å². The molecule has 636 valence electrons. The fraction of sp³-hybridized carbons (Fsp3) is 0. The fourth-order valence-corrected chi connectivity index (χ4v) is 19.8. The van der Waals surface area contributed by atoms with Crippen molar-refractivity contribution >= 4 is 87.5 Å². The van der Waals surface area contributed by atoms with Crippen LogP contribution in [0.3, 0.4) is 0 Å². The highest BCUT2D eigenvalue weighted by atomic mass is 16.3. The summed E-state index contributed by atoms with van der Waals surface area (Å²) in [5.41, 5.74) is 32.5. The van der Waals surface area contributed by atoms with Crippen LogP contribution in [0.5, 0.6) is 0 Å². The van der Waals surface area contributed by atoms with Gasteiger partial charge in [0, 0.05) is 88.0 Å². The van der Waals surface area contributed by atoms with Crippen LogP contribution >= 0.6 is 0 Å². The average Bonchev–Trinajstić information content (AvgIpc) is 1.55. The van der Waals surface area contributed by atoms with E-state index in [0.29, 0.717) is 34.9 Å². The summed E-state index contributed by atoms with van der Waals surface area (Å²) in [6, 6.07) is 170. The van der Waals surface area contributed by atoms with Crippen LogP contribution in [-0.2, 0) is 0 Å². The summed E-state index contributed by atoms with van der Waals surface area (Å²) in [6.07, 6.45) is 0. The van der Waals surface area contributed by atoms with E-state index in [1.54, 1.807) is 0 Å². The third kappa shape index (κ3) is 14.3. The molecule has 20 aromatic carbocycles. The van der Waals surface area contributed by atoms with Crippen molar-refractivity contribution in [3.05, 3.63) is 485 Å². The highest BCUT2D eigenvalue weighted by Crippen LogP contribution is 2.51. The lowest BCUT2D eigenvalue weighted by molar-refractivity contribution is 0.669. The van der Waals surface area contributed by atoms with Crippen LogP contribution in [0.2, 0.25) is 0 Å². The van der Waals surface area contributed by atoms with Crippen molar-refractivity contribution in [2.45, 2.75) is 0 Å². The Labute approximate surface area is 784 Å². The van der Waals surface area contributed by atoms with Crippen LogP contribution in [0.4, 0.5) is 0 Å². The van der Waals surface area contributed by atoms with Crippen LogP contribution in [-0.4, -0.2) is 39.0 Å². The summed E-state index contributed by atoms with van der Waals surface area (Å²) in [7, 11) is 0. The molecular weight excluding hydrogens is 1660 g/mol. The molecule has 0 fully saturated rings. The van der Waals surface area contributed by atoms with Gasteiger partial charge in [-0.25, -0.2) is 29.9 Å². The summed E-state index contributed by atoms with van der Waals surface area (Å²) in [4.78, 5) is 31.7. The largest absolute Gasteiger partial charge is 0.456 e. The van der Waals surface area contributed by atoms with Crippen molar-refractivity contribution in [1.82, 2.24) is 39.0 Å². The van der Waals surface area contributed by atoms with E-state index in [9.17, 15) is 0 Å². The molecule has 0 saturated carbocycles. The molecule has 10 nitrogen and oxygen atoms in total. The molecule has 26 aromatic rings. The summed E-state index contributed by atoms with van der Waals surface area (Å²) in [6.45, 7) is 0. The Morgan fingerprint density at radius 1 is 0.154 bits per heavy atom. The first-order chi connectivity index (χ1) is 67.5. The minimum absolute atomic E-state index is 0.565. The van der Waals surface area contributed by atoms with Crippen molar-refractivity contribution in [2.24, 2.45) is 0 Å². The number of fused-ring (bicyclic) bond motifs is 14. The molecule has 10 heteroatoms. The molecule has 6 aromatic heterocycles. The fourth-order valence-electron chi connectivity index (χ4n) is 19.8. The molecule has 0 saturated heterocycles. The zero-order chi connectivity index (χ0) is 89.9. The van der Waals surface area contributed by atoms with E-state index in [2.05, 4.69) is 422 Å². The van der Waals surface area contributed by atoms with Crippen molar-refractivity contribution in [2.75, 3.05) is 0 Å². The summed E-state index contributed by atoms with van der Waals surface area (Å²) in [5, 5.41) is 8.83. The van der Waals surface area contributed by atoms with Gasteiger partial charge in [0.2, 0.25) is 0 Å². The highest BCUT2D eigenvalue weighted by Gasteiger charge is 2.29. The molecule has 26 rings (SSSR count). The zero-order valence-electron chi connectivity index (χ0n) is 73.6. The van der Waals surface area contributed by atoms with Crippen molar-refractivity contribution in [3.63, 3.8) is 0 Å². The minimum Gasteiger partial charge on any atom is -0.456 e. The Balaban J connectivity index is 0.000000145. The molecule has 0 radical (unpaired) electrons. The average molecular weight is 1740 g/mol. The van der Waals surface area contributed by atoms with E-state index < -0.39 is 0 Å². The van der Waals surface area contributed by atoms with Gasteiger partial charge in [0.1, 0.15) is 16.7 Å². The number of aromatic nitrogens is 8. The molecule has 0 spiro atoms. The normalized spacial score (nSPS) is 11.5. The van der Waals surface area contributed by atoms with E-state index in [4.69, 9.17) is 38.7 Å². The Morgan fingerprint density at radius 2 is 0.471 bits per heavy atom. The number of rotatable bonds is 16. The first-order valence-electron chi connectivity index (χ1n) is 45.9. The number of para-hydroxylation sites is 5. The number of hydrogen-bond donors (Lipinski definition) is 0. The van der Waals surface area contributed by atoms with E-state index in [1.165, 1.54) is 10.8 Å². The lowest BCUT2D eigenvalue weighted by Crippen LogP contribution is -2.01. The second-order valence-electron chi connectivity index (χ2n) is 34.2. The van der Waals surface area contributed by atoms with Gasteiger partial charge in [-0.15, -0.1) is 0 Å². The third-order valence-electron chi connectivity index (χ3n) is 26.2. The van der Waals surface area contributed by atoms with Gasteiger partial charge < -0.3 is 18.0 Å². The number of nitrogens with zero attached hydrogens (tertiary/aromatic N) is 8. The smallest absolute Gasteiger partial charge is 0.164 e. The van der Waals surface area contributed by atoms with E-state index in [0.717, 1.165) is 210 Å². The van der Waals surface area contributed by atoms with Crippen LogP contribution in [0.25, 0.3) is 256 Å². The number of hydrogen-bond acceptors (Lipinski definition) is 8. The quantitative estimate of drug-likeness (QED) is 0.0940. The molecule has 0 amide bonds. The third-order valence-corrected chi connectivity index (χ3v) is 26.2. The highest BCUT2D eigenvalue weighted by molar-refractivity contribution is 6.28. The summed E-state index contributed by atoms with van der Waals surface area (Å²) < 4.78 is 18.9. The molecule has 0 N–H and O–H groups in total. The molecule has 0 atom stereocenters. The van der Waals surface area contributed by atoms with Gasteiger partial charge >= 0.3 is 0 Å². The van der Waals surface area contributed by atoms with E-state index in [-0.39, 0.29) is 0 Å². The summed E-state index contributed by atoms with van der Waals surface area (Å²) in [5.74, 6) is 3.53. The monoisotopic (exact) mass is 1740 g/mol. The molecule has 136 heavy (non-hydrogen) atoms. The van der Waals surface area contributed by atoms with Crippen molar-refractivity contribution < 1.29 is 8.83 Å². The van der Waals surface area contributed by atoms with Crippen LogP contribution in [0.1, 0.15) is 0 Å². The lowest BCUT2D eigenvalue weighted by Gasteiger charge is -2.17. The maximum Gasteiger partial charge on any atom is 0.164 e. The van der Waals surface area contributed by atoms with Gasteiger partial charge in [-0.1, -0.05) is 400 Å². The van der Waals surface area contributed by atoms with Crippen molar-refractivity contribution in [1.29, 1.82) is 0 Å². The molecule has 6 heterocycles. The Hall–Kier alpha value is -18.4. The molecule has 0 aliphatic carbocycles. The Morgan fingerprint density at radius 3 is 0.926 bits per heavy atom.